The van der Waals surface area contributed by atoms with E-state index in [0.717, 1.165) is 4.47 Å². The second kappa shape index (κ2) is 5.38. The molecule has 0 aromatic heterocycles. The molecule has 1 unspecified atom stereocenters. The average Bonchev–Trinajstić information content (AvgIpc) is 2.35. The van der Waals surface area contributed by atoms with Gasteiger partial charge in [0.15, 0.2) is 0 Å². The van der Waals surface area contributed by atoms with Crippen LogP contribution in [0.1, 0.15) is 17.2 Å². The minimum Gasteiger partial charge on any atom is -0.398 e. The molecule has 94 valence electrons. The number of hydrogen-bond acceptors (Lipinski definition) is 2. The molecule has 0 heterocycles. The maximum absolute atomic E-state index is 13.9. The van der Waals surface area contributed by atoms with Crippen molar-refractivity contribution in [1.29, 1.82) is 0 Å². The monoisotopic (exact) mass is 373 g/mol. The van der Waals surface area contributed by atoms with Crippen LogP contribution in [0.4, 0.5) is 10.1 Å². The fourth-order valence-corrected chi connectivity index (χ4v) is 2.44. The lowest BCUT2D eigenvalue weighted by atomic mass is 10.00. The summed E-state index contributed by atoms with van der Waals surface area (Å²) in [7, 11) is 0. The number of aliphatic hydroxyl groups excluding tert-OH is 1. The van der Waals surface area contributed by atoms with Crippen molar-refractivity contribution in [2.75, 3.05) is 5.73 Å². The highest BCUT2D eigenvalue weighted by Gasteiger charge is 2.18. The number of nitrogens with two attached hydrogens (primary N) is 1. The molecule has 0 amide bonds. The zero-order chi connectivity index (χ0) is 13.3. The van der Waals surface area contributed by atoms with Crippen LogP contribution in [0.25, 0.3) is 0 Å². The summed E-state index contributed by atoms with van der Waals surface area (Å²) >= 11 is 6.39. The quantitative estimate of drug-likeness (QED) is 0.780. The first-order valence-electron chi connectivity index (χ1n) is 5.17. The molecule has 0 saturated carbocycles. The topological polar surface area (TPSA) is 46.2 Å². The van der Waals surface area contributed by atoms with Gasteiger partial charge >= 0.3 is 0 Å². The van der Waals surface area contributed by atoms with E-state index in [-0.39, 0.29) is 5.56 Å². The summed E-state index contributed by atoms with van der Waals surface area (Å²) in [5, 5.41) is 10.2. The van der Waals surface area contributed by atoms with Crippen LogP contribution in [0, 0.1) is 5.82 Å². The average molecular weight is 375 g/mol. The van der Waals surface area contributed by atoms with Crippen LogP contribution in [0.15, 0.2) is 45.3 Å². The summed E-state index contributed by atoms with van der Waals surface area (Å²) in [4.78, 5) is 0. The van der Waals surface area contributed by atoms with Crippen molar-refractivity contribution >= 4 is 37.5 Å². The Morgan fingerprint density at radius 1 is 1.11 bits per heavy atom. The van der Waals surface area contributed by atoms with Crippen molar-refractivity contribution in [2.45, 2.75) is 6.10 Å². The molecule has 2 aromatic carbocycles. The Morgan fingerprint density at radius 2 is 1.83 bits per heavy atom. The van der Waals surface area contributed by atoms with Crippen molar-refractivity contribution in [2.24, 2.45) is 0 Å². The Balaban J connectivity index is 2.51. The van der Waals surface area contributed by atoms with Gasteiger partial charge in [-0.1, -0.05) is 28.1 Å². The summed E-state index contributed by atoms with van der Waals surface area (Å²) in [5.74, 6) is -0.482. The van der Waals surface area contributed by atoms with E-state index in [4.69, 9.17) is 5.73 Å². The van der Waals surface area contributed by atoms with E-state index in [1.165, 1.54) is 6.07 Å². The predicted octanol–water partition coefficient (Wildman–Crippen LogP) is 4.01. The van der Waals surface area contributed by atoms with Crippen LogP contribution in [0.2, 0.25) is 0 Å². The molecule has 0 aliphatic carbocycles. The van der Waals surface area contributed by atoms with Gasteiger partial charge in [-0.05, 0) is 40.2 Å². The maximum Gasteiger partial charge on any atom is 0.143 e. The Labute approximate surface area is 121 Å². The number of aliphatic hydroxyl groups is 1. The van der Waals surface area contributed by atoms with Crippen molar-refractivity contribution in [3.05, 3.63) is 62.3 Å². The van der Waals surface area contributed by atoms with Crippen molar-refractivity contribution in [3.63, 3.8) is 0 Å². The lowest BCUT2D eigenvalue weighted by Gasteiger charge is -2.15. The molecule has 1 atom stereocenters. The zero-order valence-corrected chi connectivity index (χ0v) is 12.4. The van der Waals surface area contributed by atoms with E-state index in [1.54, 1.807) is 30.3 Å². The van der Waals surface area contributed by atoms with E-state index < -0.39 is 11.9 Å². The van der Waals surface area contributed by atoms with Gasteiger partial charge in [-0.15, -0.1) is 0 Å². The molecule has 0 aliphatic heterocycles. The molecule has 0 bridgehead atoms. The number of halogens is 3. The fraction of sp³-hybridized carbons (Fsp3) is 0.0769. The van der Waals surface area contributed by atoms with Crippen molar-refractivity contribution in [1.82, 2.24) is 0 Å². The fourth-order valence-electron chi connectivity index (χ4n) is 1.68. The lowest BCUT2D eigenvalue weighted by Crippen LogP contribution is -2.06. The van der Waals surface area contributed by atoms with Crippen LogP contribution < -0.4 is 5.73 Å². The summed E-state index contributed by atoms with van der Waals surface area (Å²) in [6.07, 6.45) is -1.10. The second-order valence-corrected chi connectivity index (χ2v) is 5.59. The summed E-state index contributed by atoms with van der Waals surface area (Å²) < 4.78 is 15.0. The summed E-state index contributed by atoms with van der Waals surface area (Å²) in [6, 6.07) is 9.89. The van der Waals surface area contributed by atoms with Gasteiger partial charge in [-0.3, -0.25) is 0 Å². The molecule has 2 rings (SSSR count). The third-order valence-electron chi connectivity index (χ3n) is 2.62. The molecule has 3 N–H and O–H groups in total. The van der Waals surface area contributed by atoms with Crippen molar-refractivity contribution in [3.8, 4) is 0 Å². The summed E-state index contributed by atoms with van der Waals surface area (Å²) in [5.41, 5.74) is 6.88. The highest BCUT2D eigenvalue weighted by molar-refractivity contribution is 9.10. The number of anilines is 1. The van der Waals surface area contributed by atoms with Gasteiger partial charge in [0, 0.05) is 21.3 Å². The van der Waals surface area contributed by atoms with E-state index >= 15 is 0 Å². The third kappa shape index (κ3) is 2.58. The van der Waals surface area contributed by atoms with Gasteiger partial charge in [0.05, 0.1) is 4.47 Å². The van der Waals surface area contributed by atoms with Crippen LogP contribution in [0.3, 0.4) is 0 Å². The van der Waals surface area contributed by atoms with Crippen LogP contribution in [-0.2, 0) is 0 Å². The molecule has 0 saturated heterocycles. The van der Waals surface area contributed by atoms with Crippen LogP contribution in [0.5, 0.6) is 0 Å². The van der Waals surface area contributed by atoms with Gasteiger partial charge in [-0.25, -0.2) is 4.39 Å². The van der Waals surface area contributed by atoms with E-state index in [0.29, 0.717) is 15.7 Å². The maximum atomic E-state index is 13.9. The number of hydrogen-bond donors (Lipinski definition) is 2. The standard InChI is InChI=1S/C13H10Br2FNO/c14-7-4-5-11(17)9(6-7)13(18)8-2-1-3-10(15)12(8)16/h1-6,13,18H,17H2. The molecule has 18 heavy (non-hydrogen) atoms. The Bertz CT molecular complexity index is 587. The van der Waals surface area contributed by atoms with Crippen molar-refractivity contribution < 1.29 is 9.50 Å². The van der Waals surface area contributed by atoms with Gasteiger partial charge in [0.2, 0.25) is 0 Å². The molecule has 0 spiro atoms. The largest absolute Gasteiger partial charge is 0.398 e. The highest BCUT2D eigenvalue weighted by atomic mass is 79.9. The number of nitrogen functional groups attached to an aromatic ring is 1. The predicted molar refractivity (Wildman–Crippen MR) is 76.7 cm³/mol. The van der Waals surface area contributed by atoms with Gasteiger partial charge < -0.3 is 10.8 Å². The Morgan fingerprint density at radius 3 is 2.56 bits per heavy atom. The first kappa shape index (κ1) is 13.5. The van der Waals surface area contributed by atoms with Gasteiger partial charge in [0.25, 0.3) is 0 Å². The van der Waals surface area contributed by atoms with Gasteiger partial charge in [-0.2, -0.15) is 0 Å². The molecule has 2 aromatic rings. The second-order valence-electron chi connectivity index (χ2n) is 3.82. The van der Waals surface area contributed by atoms with Crippen LogP contribution in [-0.4, -0.2) is 5.11 Å². The minimum absolute atomic E-state index is 0.189. The molecule has 2 nitrogen and oxygen atoms in total. The molecule has 0 aliphatic rings. The molecule has 0 fully saturated rings. The lowest BCUT2D eigenvalue weighted by molar-refractivity contribution is 0.215. The smallest absolute Gasteiger partial charge is 0.143 e. The minimum atomic E-state index is -1.10. The number of rotatable bonds is 2. The molecule has 0 radical (unpaired) electrons. The first-order chi connectivity index (χ1) is 8.50. The molecular weight excluding hydrogens is 365 g/mol. The molecule has 5 heteroatoms. The third-order valence-corrected chi connectivity index (χ3v) is 3.73. The van der Waals surface area contributed by atoms with Gasteiger partial charge in [0.1, 0.15) is 11.9 Å². The molecular formula is C13H10Br2FNO. The van der Waals surface area contributed by atoms with E-state index in [9.17, 15) is 9.50 Å². The summed E-state index contributed by atoms with van der Waals surface area (Å²) in [6.45, 7) is 0. The van der Waals surface area contributed by atoms with E-state index in [1.807, 2.05) is 0 Å². The Hall–Kier alpha value is -0.910. The first-order valence-corrected chi connectivity index (χ1v) is 6.76. The van der Waals surface area contributed by atoms with Crippen LogP contribution >= 0.6 is 31.9 Å². The SMILES string of the molecule is Nc1ccc(Br)cc1C(O)c1cccc(Br)c1F. The highest BCUT2D eigenvalue weighted by Crippen LogP contribution is 2.32. The number of benzene rings is 2. The van der Waals surface area contributed by atoms with E-state index in [2.05, 4.69) is 31.9 Å². The Kier molecular flexibility index (Phi) is 4.04. The normalized spacial score (nSPS) is 12.4. The zero-order valence-electron chi connectivity index (χ0n) is 9.20.